The van der Waals surface area contributed by atoms with E-state index in [1.54, 1.807) is 12.1 Å². The van der Waals surface area contributed by atoms with Gasteiger partial charge < -0.3 is 19.8 Å². The molecule has 36 heavy (non-hydrogen) atoms. The van der Waals surface area contributed by atoms with Crippen LogP contribution >= 0.6 is 11.3 Å². The summed E-state index contributed by atoms with van der Waals surface area (Å²) in [7, 11) is 0. The van der Waals surface area contributed by atoms with E-state index in [2.05, 4.69) is 10.3 Å². The van der Waals surface area contributed by atoms with Crippen molar-refractivity contribution in [1.82, 2.24) is 10.3 Å². The Bertz CT molecular complexity index is 1460. The molecule has 1 amide bonds. The Morgan fingerprint density at radius 3 is 2.53 bits per heavy atom. The summed E-state index contributed by atoms with van der Waals surface area (Å²) in [5.41, 5.74) is 2.68. The summed E-state index contributed by atoms with van der Waals surface area (Å²) in [4.78, 5) is 29.7. The summed E-state index contributed by atoms with van der Waals surface area (Å²) < 4.78 is 11.5. The molecule has 5 rings (SSSR count). The summed E-state index contributed by atoms with van der Waals surface area (Å²) in [6, 6.07) is 27.4. The molecule has 3 aromatic carbocycles. The third-order valence-corrected chi connectivity index (χ3v) is 6.56. The van der Waals surface area contributed by atoms with Crippen LogP contribution in [0, 0.1) is 0 Å². The predicted octanol–water partition coefficient (Wildman–Crippen LogP) is 6.11. The molecule has 6 nitrogen and oxygen atoms in total. The molecule has 180 valence electrons. The molecule has 0 saturated carbocycles. The molecule has 0 radical (unpaired) electrons. The fourth-order valence-corrected chi connectivity index (χ4v) is 4.56. The number of H-pyrrole nitrogens is 1. The van der Waals surface area contributed by atoms with Crippen molar-refractivity contribution < 1.29 is 19.1 Å². The Morgan fingerprint density at radius 1 is 0.889 bits per heavy atom. The largest absolute Gasteiger partial charge is 0.459 e. The van der Waals surface area contributed by atoms with Crippen molar-refractivity contribution in [2.45, 2.75) is 19.1 Å². The number of carbonyl (C=O) groups excluding carboxylic acids is 2. The lowest BCUT2D eigenvalue weighted by Crippen LogP contribution is -2.43. The predicted molar refractivity (Wildman–Crippen MR) is 140 cm³/mol. The number of fused-ring (bicyclic) bond motifs is 1. The van der Waals surface area contributed by atoms with Gasteiger partial charge in [0.25, 0.3) is 5.91 Å². The molecule has 1 atom stereocenters. The van der Waals surface area contributed by atoms with Gasteiger partial charge in [-0.25, -0.2) is 4.79 Å². The van der Waals surface area contributed by atoms with Gasteiger partial charge in [-0.15, -0.1) is 11.3 Å². The first-order chi connectivity index (χ1) is 17.7. The summed E-state index contributed by atoms with van der Waals surface area (Å²) in [6.45, 7) is 0.0596. The van der Waals surface area contributed by atoms with E-state index >= 15 is 0 Å². The Labute approximate surface area is 212 Å². The van der Waals surface area contributed by atoms with Gasteiger partial charge in [0.05, 0.1) is 4.88 Å². The number of hydrogen-bond acceptors (Lipinski definition) is 5. The highest BCUT2D eigenvalue weighted by Gasteiger charge is 2.25. The molecular formula is C29H24N2O4S. The number of benzene rings is 3. The molecule has 0 aliphatic rings. The normalized spacial score (nSPS) is 11.7. The topological polar surface area (TPSA) is 80.4 Å². The maximum absolute atomic E-state index is 13.2. The first-order valence-corrected chi connectivity index (χ1v) is 12.4. The molecule has 2 N–H and O–H groups in total. The second kappa shape index (κ2) is 10.9. The molecule has 5 aromatic rings. The molecule has 2 heterocycles. The fourth-order valence-electron chi connectivity index (χ4n) is 3.93. The zero-order chi connectivity index (χ0) is 24.7. The van der Waals surface area contributed by atoms with Crippen LogP contribution in [-0.4, -0.2) is 22.9 Å². The lowest BCUT2D eigenvalue weighted by molar-refractivity contribution is -0.147. The maximum Gasteiger partial charge on any atom is 0.329 e. The van der Waals surface area contributed by atoms with Crippen molar-refractivity contribution >= 4 is 34.1 Å². The van der Waals surface area contributed by atoms with Crippen LogP contribution in [0.5, 0.6) is 11.5 Å². The van der Waals surface area contributed by atoms with Crippen LogP contribution in [0.2, 0.25) is 0 Å². The first kappa shape index (κ1) is 23.4. The summed E-state index contributed by atoms with van der Waals surface area (Å²) in [5, 5.41) is 5.69. The van der Waals surface area contributed by atoms with E-state index in [0.717, 1.165) is 27.8 Å². The van der Waals surface area contributed by atoms with Gasteiger partial charge in [0.2, 0.25) is 0 Å². The third kappa shape index (κ3) is 5.64. The van der Waals surface area contributed by atoms with Gasteiger partial charge in [-0.3, -0.25) is 4.79 Å². The van der Waals surface area contributed by atoms with Gasteiger partial charge in [-0.2, -0.15) is 0 Å². The van der Waals surface area contributed by atoms with Crippen LogP contribution in [0.25, 0.3) is 10.9 Å². The van der Waals surface area contributed by atoms with E-state index in [0.29, 0.717) is 17.0 Å². The molecular weight excluding hydrogens is 472 g/mol. The monoisotopic (exact) mass is 496 g/mol. The van der Waals surface area contributed by atoms with Crippen LogP contribution in [0.15, 0.2) is 103 Å². The van der Waals surface area contributed by atoms with Gasteiger partial charge in [0, 0.05) is 23.5 Å². The average molecular weight is 497 g/mol. The average Bonchev–Trinajstić information content (AvgIpc) is 3.59. The van der Waals surface area contributed by atoms with E-state index in [-0.39, 0.29) is 12.5 Å². The fraction of sp³-hybridized carbons (Fsp3) is 0.103. The van der Waals surface area contributed by atoms with Crippen molar-refractivity contribution in [3.05, 3.63) is 119 Å². The number of rotatable bonds is 9. The number of esters is 1. The Balaban J connectivity index is 1.30. The van der Waals surface area contributed by atoms with Crippen LogP contribution in [0.3, 0.4) is 0 Å². The zero-order valence-corrected chi connectivity index (χ0v) is 20.2. The zero-order valence-electron chi connectivity index (χ0n) is 19.3. The Morgan fingerprint density at radius 2 is 1.69 bits per heavy atom. The summed E-state index contributed by atoms with van der Waals surface area (Å²) >= 11 is 1.32. The van der Waals surface area contributed by atoms with Crippen LogP contribution in [0.4, 0.5) is 0 Å². The van der Waals surface area contributed by atoms with E-state index in [9.17, 15) is 9.59 Å². The number of nitrogens with one attached hydrogen (secondary N) is 2. The van der Waals surface area contributed by atoms with Gasteiger partial charge in [-0.05, 0) is 52.9 Å². The number of amides is 1. The second-order valence-electron chi connectivity index (χ2n) is 8.24. The van der Waals surface area contributed by atoms with Crippen molar-refractivity contribution in [3.63, 3.8) is 0 Å². The van der Waals surface area contributed by atoms with Gasteiger partial charge in [0.15, 0.2) is 0 Å². The molecule has 0 fully saturated rings. The van der Waals surface area contributed by atoms with Gasteiger partial charge in [0.1, 0.15) is 24.1 Å². The lowest BCUT2D eigenvalue weighted by Gasteiger charge is -2.17. The minimum atomic E-state index is -0.845. The highest BCUT2D eigenvalue weighted by Crippen LogP contribution is 2.23. The molecule has 0 bridgehead atoms. The minimum Gasteiger partial charge on any atom is -0.459 e. The Kier molecular flexibility index (Phi) is 7.10. The SMILES string of the molecule is O=C(NC(Cc1c[nH]c2ccccc12)C(=O)OCc1cccc(Oc2ccccc2)c1)c1cccs1. The van der Waals surface area contributed by atoms with Crippen LogP contribution in [0.1, 0.15) is 20.8 Å². The molecule has 7 heteroatoms. The van der Waals surface area contributed by atoms with E-state index < -0.39 is 12.0 Å². The van der Waals surface area contributed by atoms with E-state index in [4.69, 9.17) is 9.47 Å². The number of aromatic amines is 1. The standard InChI is InChI=1S/C29H24N2O4S/c32-28(27-14-7-15-36-27)31-26(17-21-18-30-25-13-5-4-12-24(21)25)29(33)34-19-20-8-6-11-23(16-20)35-22-9-2-1-3-10-22/h1-16,18,26,30H,17,19H2,(H,31,32). The molecule has 2 aromatic heterocycles. The lowest BCUT2D eigenvalue weighted by atomic mass is 10.0. The summed E-state index contributed by atoms with van der Waals surface area (Å²) in [5.74, 6) is 0.572. The molecule has 0 spiro atoms. The van der Waals surface area contributed by atoms with Crippen molar-refractivity contribution in [3.8, 4) is 11.5 Å². The summed E-state index contributed by atoms with van der Waals surface area (Å²) in [6.07, 6.45) is 2.17. The number of hydrogen-bond donors (Lipinski definition) is 2. The second-order valence-corrected chi connectivity index (χ2v) is 9.18. The van der Waals surface area contributed by atoms with E-state index in [1.165, 1.54) is 11.3 Å². The van der Waals surface area contributed by atoms with Crippen molar-refractivity contribution in [2.24, 2.45) is 0 Å². The van der Waals surface area contributed by atoms with Crippen LogP contribution < -0.4 is 10.1 Å². The minimum absolute atomic E-state index is 0.0596. The van der Waals surface area contributed by atoms with Crippen molar-refractivity contribution in [1.29, 1.82) is 0 Å². The molecule has 0 aliphatic heterocycles. The number of aromatic nitrogens is 1. The molecule has 1 unspecified atom stereocenters. The first-order valence-electron chi connectivity index (χ1n) is 11.5. The Hall–Kier alpha value is -4.36. The number of para-hydroxylation sites is 2. The number of ether oxygens (including phenoxy) is 2. The van der Waals surface area contributed by atoms with E-state index in [1.807, 2.05) is 90.4 Å². The number of carbonyl (C=O) groups is 2. The molecule has 0 saturated heterocycles. The highest BCUT2D eigenvalue weighted by atomic mass is 32.1. The number of thiophene rings is 1. The van der Waals surface area contributed by atoms with Crippen molar-refractivity contribution in [2.75, 3.05) is 0 Å². The third-order valence-electron chi connectivity index (χ3n) is 5.69. The van der Waals surface area contributed by atoms with Gasteiger partial charge in [-0.1, -0.05) is 54.6 Å². The maximum atomic E-state index is 13.2. The molecule has 0 aliphatic carbocycles. The smallest absolute Gasteiger partial charge is 0.329 e. The van der Waals surface area contributed by atoms with Crippen LogP contribution in [-0.2, 0) is 22.6 Å². The highest BCUT2D eigenvalue weighted by molar-refractivity contribution is 7.12. The quantitative estimate of drug-likeness (QED) is 0.242. The van der Waals surface area contributed by atoms with Gasteiger partial charge >= 0.3 is 5.97 Å².